The third-order valence-corrected chi connectivity index (χ3v) is 5.02. The second kappa shape index (κ2) is 7.82. The molecule has 1 unspecified atom stereocenters. The van der Waals surface area contributed by atoms with Crippen molar-refractivity contribution in [3.8, 4) is 5.88 Å². The first kappa shape index (κ1) is 17.7. The van der Waals surface area contributed by atoms with Crippen LogP contribution in [0.4, 0.5) is 0 Å². The first-order valence-corrected chi connectivity index (χ1v) is 8.81. The van der Waals surface area contributed by atoms with Gasteiger partial charge in [0.25, 0.3) is 5.91 Å². The van der Waals surface area contributed by atoms with Crippen molar-refractivity contribution in [1.82, 2.24) is 10.3 Å². The van der Waals surface area contributed by atoms with Gasteiger partial charge < -0.3 is 19.9 Å². The quantitative estimate of drug-likeness (QED) is 0.816. The molecule has 2 heterocycles. The molecule has 1 aliphatic heterocycles. The molecule has 1 aromatic heterocycles. The highest BCUT2D eigenvalue weighted by Gasteiger charge is 2.39. The summed E-state index contributed by atoms with van der Waals surface area (Å²) in [4.78, 5) is 28.2. The number of aliphatic carboxylic acids is 1. The summed E-state index contributed by atoms with van der Waals surface area (Å²) >= 11 is 0. The molecule has 0 bridgehead atoms. The molecule has 1 saturated carbocycles. The molecule has 1 aliphatic carbocycles. The largest absolute Gasteiger partial charge is 0.481 e. The van der Waals surface area contributed by atoms with E-state index in [1.807, 2.05) is 0 Å². The van der Waals surface area contributed by atoms with Crippen LogP contribution in [0.25, 0.3) is 0 Å². The van der Waals surface area contributed by atoms with Gasteiger partial charge in [-0.15, -0.1) is 0 Å². The van der Waals surface area contributed by atoms with Crippen LogP contribution in [0.2, 0.25) is 0 Å². The Balaban J connectivity index is 1.61. The molecule has 7 nitrogen and oxygen atoms in total. The van der Waals surface area contributed by atoms with Crippen molar-refractivity contribution < 1.29 is 24.2 Å². The number of carbonyl (C=O) groups is 2. The number of amides is 1. The highest BCUT2D eigenvalue weighted by molar-refractivity contribution is 5.94. The molecule has 0 spiro atoms. The molecular formula is C18H24N2O5. The number of hydrogen-bond acceptors (Lipinski definition) is 5. The van der Waals surface area contributed by atoms with Gasteiger partial charge in [-0.2, -0.15) is 0 Å². The maximum Gasteiger partial charge on any atom is 0.311 e. The van der Waals surface area contributed by atoms with Crippen LogP contribution >= 0.6 is 0 Å². The van der Waals surface area contributed by atoms with Gasteiger partial charge >= 0.3 is 5.97 Å². The zero-order valence-corrected chi connectivity index (χ0v) is 14.2. The summed E-state index contributed by atoms with van der Waals surface area (Å²) in [5.74, 6) is -0.748. The predicted octanol–water partition coefficient (Wildman–Crippen LogP) is 2.01. The van der Waals surface area contributed by atoms with Crippen molar-refractivity contribution in [3.63, 3.8) is 0 Å². The van der Waals surface area contributed by atoms with Gasteiger partial charge in [-0.25, -0.2) is 4.98 Å². The predicted molar refractivity (Wildman–Crippen MR) is 89.6 cm³/mol. The lowest BCUT2D eigenvalue weighted by atomic mass is 9.74. The zero-order valence-electron chi connectivity index (χ0n) is 14.2. The highest BCUT2D eigenvalue weighted by atomic mass is 16.5. The molecule has 1 saturated heterocycles. The van der Waals surface area contributed by atoms with Crippen molar-refractivity contribution in [2.24, 2.45) is 5.41 Å². The van der Waals surface area contributed by atoms with Gasteiger partial charge in [-0.05, 0) is 18.9 Å². The van der Waals surface area contributed by atoms with E-state index in [9.17, 15) is 14.7 Å². The van der Waals surface area contributed by atoms with E-state index in [4.69, 9.17) is 9.47 Å². The number of hydrogen-bond donors (Lipinski definition) is 2. The van der Waals surface area contributed by atoms with Crippen LogP contribution < -0.4 is 10.1 Å². The first-order chi connectivity index (χ1) is 12.1. The Labute approximate surface area is 146 Å². The van der Waals surface area contributed by atoms with E-state index in [-0.39, 0.29) is 18.6 Å². The zero-order chi connectivity index (χ0) is 17.7. The average Bonchev–Trinajstić information content (AvgIpc) is 3.13. The van der Waals surface area contributed by atoms with Crippen molar-refractivity contribution in [2.75, 3.05) is 19.8 Å². The summed E-state index contributed by atoms with van der Waals surface area (Å²) in [5, 5.41) is 12.4. The van der Waals surface area contributed by atoms with Crippen LogP contribution in [0.3, 0.4) is 0 Å². The molecule has 2 fully saturated rings. The van der Waals surface area contributed by atoms with Gasteiger partial charge in [0.1, 0.15) is 6.10 Å². The highest BCUT2D eigenvalue weighted by Crippen LogP contribution is 2.36. The van der Waals surface area contributed by atoms with Crippen molar-refractivity contribution in [2.45, 2.75) is 44.6 Å². The number of carboxylic acids is 1. The van der Waals surface area contributed by atoms with Crippen molar-refractivity contribution in [1.29, 1.82) is 0 Å². The lowest BCUT2D eigenvalue weighted by Crippen LogP contribution is -2.44. The normalized spacial score (nSPS) is 22.3. The van der Waals surface area contributed by atoms with E-state index in [0.717, 1.165) is 25.7 Å². The molecule has 2 N–H and O–H groups in total. The number of nitrogens with zero attached hydrogens (tertiary/aromatic N) is 1. The summed E-state index contributed by atoms with van der Waals surface area (Å²) in [5.41, 5.74) is -0.429. The monoisotopic (exact) mass is 348 g/mol. The molecule has 25 heavy (non-hydrogen) atoms. The van der Waals surface area contributed by atoms with Gasteiger partial charge in [0.05, 0.1) is 18.6 Å². The summed E-state index contributed by atoms with van der Waals surface area (Å²) in [6.07, 6.45) is 6.33. The summed E-state index contributed by atoms with van der Waals surface area (Å²) in [6, 6.07) is 3.18. The van der Waals surface area contributed by atoms with E-state index in [1.54, 1.807) is 12.1 Å². The summed E-state index contributed by atoms with van der Waals surface area (Å²) < 4.78 is 11.0. The Hall–Kier alpha value is -2.15. The van der Waals surface area contributed by atoms with E-state index in [2.05, 4.69) is 10.3 Å². The number of ether oxygens (including phenoxy) is 2. The number of rotatable bonds is 6. The molecule has 3 rings (SSSR count). The third-order valence-electron chi connectivity index (χ3n) is 5.02. The van der Waals surface area contributed by atoms with Gasteiger partial charge in [0.2, 0.25) is 5.88 Å². The van der Waals surface area contributed by atoms with Crippen LogP contribution in [-0.2, 0) is 9.53 Å². The van der Waals surface area contributed by atoms with E-state index in [0.29, 0.717) is 37.5 Å². The lowest BCUT2D eigenvalue weighted by molar-refractivity contribution is -0.150. The van der Waals surface area contributed by atoms with Crippen molar-refractivity contribution in [3.05, 3.63) is 23.9 Å². The van der Waals surface area contributed by atoms with E-state index in [1.165, 1.54) is 6.20 Å². The Kier molecular flexibility index (Phi) is 5.53. The molecule has 2 aliphatic rings. The van der Waals surface area contributed by atoms with Crippen LogP contribution in [0, 0.1) is 5.41 Å². The fraction of sp³-hybridized carbons (Fsp3) is 0.611. The third kappa shape index (κ3) is 4.28. The second-order valence-electron chi connectivity index (χ2n) is 6.82. The molecule has 0 aromatic carbocycles. The van der Waals surface area contributed by atoms with Crippen LogP contribution in [-0.4, -0.2) is 47.8 Å². The maximum absolute atomic E-state index is 12.4. The van der Waals surface area contributed by atoms with Gasteiger partial charge in [0, 0.05) is 30.8 Å². The minimum Gasteiger partial charge on any atom is -0.481 e. The molecular weight excluding hydrogens is 324 g/mol. The van der Waals surface area contributed by atoms with Crippen LogP contribution in [0.5, 0.6) is 5.88 Å². The van der Waals surface area contributed by atoms with Crippen LogP contribution in [0.15, 0.2) is 18.3 Å². The lowest BCUT2D eigenvalue weighted by Gasteiger charge is -2.33. The number of nitrogens with one attached hydrogen (secondary N) is 1. The average molecular weight is 348 g/mol. The minimum atomic E-state index is -0.846. The van der Waals surface area contributed by atoms with Gasteiger partial charge in [-0.1, -0.05) is 19.3 Å². The molecule has 1 atom stereocenters. The fourth-order valence-corrected chi connectivity index (χ4v) is 3.44. The SMILES string of the molecule is O=C(NCC1(C(=O)O)CCCCC1)c1ccnc(OC2CCOC2)c1. The van der Waals surface area contributed by atoms with E-state index >= 15 is 0 Å². The molecule has 0 radical (unpaired) electrons. The second-order valence-corrected chi connectivity index (χ2v) is 6.82. The van der Waals surface area contributed by atoms with Gasteiger partial charge in [0.15, 0.2) is 0 Å². The molecule has 136 valence electrons. The molecule has 1 aromatic rings. The molecule has 1 amide bonds. The maximum atomic E-state index is 12.4. The van der Waals surface area contributed by atoms with Crippen LogP contribution in [0.1, 0.15) is 48.9 Å². The number of carboxylic acid groups (broad SMARTS) is 1. The number of pyridine rings is 1. The fourth-order valence-electron chi connectivity index (χ4n) is 3.44. The van der Waals surface area contributed by atoms with Gasteiger partial charge in [-0.3, -0.25) is 9.59 Å². The Morgan fingerprint density at radius 1 is 1.36 bits per heavy atom. The smallest absolute Gasteiger partial charge is 0.311 e. The number of carbonyl (C=O) groups excluding carboxylic acids is 1. The topological polar surface area (TPSA) is 97.8 Å². The summed E-state index contributed by atoms with van der Waals surface area (Å²) in [7, 11) is 0. The van der Waals surface area contributed by atoms with Crippen molar-refractivity contribution >= 4 is 11.9 Å². The minimum absolute atomic E-state index is 0.0386. The Morgan fingerprint density at radius 3 is 2.84 bits per heavy atom. The Bertz CT molecular complexity index is 622. The summed E-state index contributed by atoms with van der Waals surface area (Å²) in [6.45, 7) is 1.34. The van der Waals surface area contributed by atoms with E-state index < -0.39 is 11.4 Å². The first-order valence-electron chi connectivity index (χ1n) is 8.81. The Morgan fingerprint density at radius 2 is 2.16 bits per heavy atom. The molecule has 7 heteroatoms. The number of aromatic nitrogens is 1. The standard InChI is InChI=1S/C18H24N2O5/c21-16(20-12-18(17(22)23)6-2-1-3-7-18)13-4-8-19-15(10-13)25-14-5-9-24-11-14/h4,8,10,14H,1-3,5-7,9,11-12H2,(H,20,21)(H,22,23).